The van der Waals surface area contributed by atoms with Gasteiger partial charge in [-0.05, 0) is 35.4 Å². The second-order valence-corrected chi connectivity index (χ2v) is 6.35. The molecule has 3 rings (SSSR count). The van der Waals surface area contributed by atoms with Gasteiger partial charge in [0.05, 0.1) is 25.9 Å². The molecule has 5 nitrogen and oxygen atoms in total. The summed E-state index contributed by atoms with van der Waals surface area (Å²) < 4.78 is 22.2. The fourth-order valence-electron chi connectivity index (χ4n) is 2.63. The van der Waals surface area contributed by atoms with Crippen molar-refractivity contribution in [2.45, 2.75) is 19.5 Å². The van der Waals surface area contributed by atoms with Crippen molar-refractivity contribution in [2.24, 2.45) is 0 Å². The quantitative estimate of drug-likeness (QED) is 0.372. The number of hydrogen-bond donors (Lipinski definition) is 0. The van der Waals surface area contributed by atoms with Crippen molar-refractivity contribution in [1.82, 2.24) is 0 Å². The molecule has 0 amide bonds. The smallest absolute Gasteiger partial charge is 0.338 e. The lowest BCUT2D eigenvalue weighted by Gasteiger charge is -2.19. The summed E-state index contributed by atoms with van der Waals surface area (Å²) in [6.07, 6.45) is -0.683. The Morgan fingerprint density at radius 2 is 1.28 bits per heavy atom. The summed E-state index contributed by atoms with van der Waals surface area (Å²) in [6, 6.07) is 26.3. The van der Waals surface area contributed by atoms with E-state index in [1.165, 1.54) is 0 Å². The number of hydrogen-bond acceptors (Lipinski definition) is 5. The standard InChI is InChI=1S/C24H24O5/c1-26-22-14-12-21(13-15-22)24(25)29-18-23(27-16-19-8-4-2-5-9-19)28-17-20-10-6-3-7-11-20/h2-15,23H,16-18H2,1H3. The van der Waals surface area contributed by atoms with Crippen LogP contribution >= 0.6 is 0 Å². The Hall–Kier alpha value is -3.15. The summed E-state index contributed by atoms with van der Waals surface area (Å²) >= 11 is 0. The predicted octanol–water partition coefficient (Wildman–Crippen LogP) is 4.61. The highest BCUT2D eigenvalue weighted by Crippen LogP contribution is 2.13. The number of ether oxygens (including phenoxy) is 4. The number of methoxy groups -OCH3 is 1. The monoisotopic (exact) mass is 392 g/mol. The predicted molar refractivity (Wildman–Crippen MR) is 110 cm³/mol. The zero-order chi connectivity index (χ0) is 20.3. The molecular weight excluding hydrogens is 368 g/mol. The highest BCUT2D eigenvalue weighted by atomic mass is 16.7. The number of esters is 1. The lowest BCUT2D eigenvalue weighted by Crippen LogP contribution is -2.25. The van der Waals surface area contributed by atoms with E-state index in [2.05, 4.69) is 0 Å². The summed E-state index contributed by atoms with van der Waals surface area (Å²) in [5.74, 6) is 0.237. The molecule has 0 bridgehead atoms. The number of benzene rings is 3. The molecule has 150 valence electrons. The molecule has 0 fully saturated rings. The van der Waals surface area contributed by atoms with Crippen LogP contribution in [-0.2, 0) is 27.4 Å². The van der Waals surface area contributed by atoms with Crippen molar-refractivity contribution in [1.29, 1.82) is 0 Å². The molecule has 0 aromatic heterocycles. The van der Waals surface area contributed by atoms with Crippen molar-refractivity contribution >= 4 is 5.97 Å². The van der Waals surface area contributed by atoms with Crippen LogP contribution < -0.4 is 4.74 Å². The molecule has 0 aliphatic carbocycles. The van der Waals surface area contributed by atoms with Gasteiger partial charge in [-0.1, -0.05) is 60.7 Å². The fourth-order valence-corrected chi connectivity index (χ4v) is 2.63. The van der Waals surface area contributed by atoms with Gasteiger partial charge in [0.2, 0.25) is 0 Å². The van der Waals surface area contributed by atoms with Crippen molar-refractivity contribution in [3.8, 4) is 5.75 Å². The minimum atomic E-state index is -0.683. The van der Waals surface area contributed by atoms with Gasteiger partial charge >= 0.3 is 5.97 Å². The maximum atomic E-state index is 12.3. The topological polar surface area (TPSA) is 54.0 Å². The van der Waals surface area contributed by atoms with E-state index in [-0.39, 0.29) is 6.61 Å². The molecule has 29 heavy (non-hydrogen) atoms. The minimum absolute atomic E-state index is 0.00940. The maximum Gasteiger partial charge on any atom is 0.338 e. The molecule has 0 aliphatic rings. The molecule has 3 aromatic carbocycles. The first kappa shape index (κ1) is 20.6. The van der Waals surface area contributed by atoms with Gasteiger partial charge in [0.1, 0.15) is 12.4 Å². The Labute approximate surface area is 170 Å². The van der Waals surface area contributed by atoms with Crippen LogP contribution in [0.1, 0.15) is 21.5 Å². The molecule has 0 aliphatic heterocycles. The van der Waals surface area contributed by atoms with Crippen molar-refractivity contribution < 1.29 is 23.7 Å². The average Bonchev–Trinajstić information content (AvgIpc) is 2.79. The lowest BCUT2D eigenvalue weighted by molar-refractivity contribution is -0.176. The van der Waals surface area contributed by atoms with Crippen LogP contribution in [0.2, 0.25) is 0 Å². The zero-order valence-corrected chi connectivity index (χ0v) is 16.3. The van der Waals surface area contributed by atoms with Crippen molar-refractivity contribution in [2.75, 3.05) is 13.7 Å². The molecule has 0 atom stereocenters. The van der Waals surface area contributed by atoms with E-state index in [1.54, 1.807) is 31.4 Å². The fraction of sp³-hybridized carbons (Fsp3) is 0.208. The van der Waals surface area contributed by atoms with Gasteiger partial charge in [0, 0.05) is 0 Å². The number of rotatable bonds is 10. The summed E-state index contributed by atoms with van der Waals surface area (Å²) in [4.78, 5) is 12.3. The highest BCUT2D eigenvalue weighted by Gasteiger charge is 2.15. The minimum Gasteiger partial charge on any atom is -0.497 e. The van der Waals surface area contributed by atoms with E-state index in [0.29, 0.717) is 24.5 Å². The van der Waals surface area contributed by atoms with Gasteiger partial charge in [0.15, 0.2) is 6.29 Å². The largest absolute Gasteiger partial charge is 0.497 e. The third kappa shape index (κ3) is 6.75. The Morgan fingerprint density at radius 3 is 1.76 bits per heavy atom. The summed E-state index contributed by atoms with van der Waals surface area (Å²) in [5.41, 5.74) is 2.47. The van der Waals surface area contributed by atoms with Crippen LogP contribution in [0.3, 0.4) is 0 Å². The molecule has 0 N–H and O–H groups in total. The third-order valence-corrected chi connectivity index (χ3v) is 4.23. The molecule has 0 saturated heterocycles. The van der Waals surface area contributed by atoms with Crippen LogP contribution in [0.15, 0.2) is 84.9 Å². The van der Waals surface area contributed by atoms with Crippen LogP contribution in [0, 0.1) is 0 Å². The maximum absolute atomic E-state index is 12.3. The molecule has 5 heteroatoms. The van der Waals surface area contributed by atoms with Crippen molar-refractivity contribution in [3.63, 3.8) is 0 Å². The number of carbonyl (C=O) groups is 1. The lowest BCUT2D eigenvalue weighted by atomic mass is 10.2. The van der Waals surface area contributed by atoms with Crippen LogP contribution in [0.4, 0.5) is 0 Å². The average molecular weight is 392 g/mol. The van der Waals surface area contributed by atoms with Gasteiger partial charge in [-0.2, -0.15) is 0 Å². The van der Waals surface area contributed by atoms with Crippen LogP contribution in [0.25, 0.3) is 0 Å². The van der Waals surface area contributed by atoms with E-state index in [9.17, 15) is 4.79 Å². The second-order valence-electron chi connectivity index (χ2n) is 6.35. The van der Waals surface area contributed by atoms with Crippen LogP contribution in [0.5, 0.6) is 5.75 Å². The highest BCUT2D eigenvalue weighted by molar-refractivity contribution is 5.89. The molecule has 3 aromatic rings. The zero-order valence-electron chi connectivity index (χ0n) is 16.3. The van der Waals surface area contributed by atoms with E-state index in [4.69, 9.17) is 18.9 Å². The molecule has 0 heterocycles. The molecule has 0 spiro atoms. The summed E-state index contributed by atoms with van der Waals surface area (Å²) in [5, 5.41) is 0. The first-order valence-corrected chi connectivity index (χ1v) is 9.37. The van der Waals surface area contributed by atoms with E-state index >= 15 is 0 Å². The number of carbonyl (C=O) groups excluding carboxylic acids is 1. The van der Waals surface area contributed by atoms with Crippen LogP contribution in [-0.4, -0.2) is 26.0 Å². The first-order chi connectivity index (χ1) is 14.2. The van der Waals surface area contributed by atoms with Gasteiger partial charge in [0.25, 0.3) is 0 Å². The molecule has 0 saturated carbocycles. The molecule has 0 unspecified atom stereocenters. The Balaban J connectivity index is 1.57. The van der Waals surface area contributed by atoms with Crippen molar-refractivity contribution in [3.05, 3.63) is 102 Å². The Morgan fingerprint density at radius 1 is 0.759 bits per heavy atom. The summed E-state index contributed by atoms with van der Waals surface area (Å²) in [6.45, 7) is 0.714. The SMILES string of the molecule is COc1ccc(C(=O)OCC(OCc2ccccc2)OCc2ccccc2)cc1. The Kier molecular flexibility index (Phi) is 7.81. The van der Waals surface area contributed by atoms with Gasteiger partial charge < -0.3 is 18.9 Å². The normalized spacial score (nSPS) is 10.7. The molecule has 0 radical (unpaired) electrons. The first-order valence-electron chi connectivity index (χ1n) is 9.37. The van der Waals surface area contributed by atoms with Gasteiger partial charge in [-0.25, -0.2) is 4.79 Å². The van der Waals surface area contributed by atoms with E-state index in [0.717, 1.165) is 11.1 Å². The van der Waals surface area contributed by atoms with E-state index < -0.39 is 12.3 Å². The van der Waals surface area contributed by atoms with Gasteiger partial charge in [-0.15, -0.1) is 0 Å². The molecular formula is C24H24O5. The van der Waals surface area contributed by atoms with Gasteiger partial charge in [-0.3, -0.25) is 0 Å². The Bertz CT molecular complexity index is 819. The second kappa shape index (κ2) is 11.0. The summed E-state index contributed by atoms with van der Waals surface area (Å²) in [7, 11) is 1.58. The van der Waals surface area contributed by atoms with E-state index in [1.807, 2.05) is 60.7 Å². The third-order valence-electron chi connectivity index (χ3n) is 4.23.